The van der Waals surface area contributed by atoms with Gasteiger partial charge in [0.05, 0.1) is 6.54 Å². The van der Waals surface area contributed by atoms with Gasteiger partial charge in [0.2, 0.25) is 0 Å². The highest BCUT2D eigenvalue weighted by molar-refractivity contribution is 5.79. The molecule has 0 saturated heterocycles. The molecule has 0 saturated carbocycles. The van der Waals surface area contributed by atoms with Crippen molar-refractivity contribution in [2.75, 3.05) is 32.8 Å². The molecule has 0 amide bonds. The minimum atomic E-state index is -0.738. The molecule has 0 radical (unpaired) electrons. The number of guanidine groups is 1. The van der Waals surface area contributed by atoms with Gasteiger partial charge in [-0.05, 0) is 65.3 Å². The van der Waals surface area contributed by atoms with E-state index in [9.17, 15) is 9.50 Å². The lowest BCUT2D eigenvalue weighted by Gasteiger charge is -2.30. The Kier molecular flexibility index (Phi) is 11.5. The SMILES string of the molecule is CCNC(=NCC(O)COc1ccc(F)cc1)NCCCN(C(C)C)C(C)C. The molecule has 0 aromatic heterocycles. The van der Waals surface area contributed by atoms with Gasteiger partial charge in [-0.25, -0.2) is 4.39 Å². The van der Waals surface area contributed by atoms with Gasteiger partial charge in [-0.3, -0.25) is 9.89 Å². The van der Waals surface area contributed by atoms with Crippen molar-refractivity contribution in [3.8, 4) is 5.75 Å². The van der Waals surface area contributed by atoms with Crippen LogP contribution in [0.4, 0.5) is 4.39 Å². The van der Waals surface area contributed by atoms with Crippen LogP contribution in [0.3, 0.4) is 0 Å². The molecule has 1 rings (SSSR count). The van der Waals surface area contributed by atoms with Crippen LogP contribution in [0.15, 0.2) is 29.3 Å². The predicted octanol–water partition coefficient (Wildman–Crippen LogP) is 2.63. The normalized spacial score (nSPS) is 13.3. The second kappa shape index (κ2) is 13.3. The third kappa shape index (κ3) is 9.90. The van der Waals surface area contributed by atoms with Gasteiger partial charge in [-0.1, -0.05) is 0 Å². The van der Waals surface area contributed by atoms with Gasteiger partial charge in [-0.15, -0.1) is 0 Å². The Bertz CT molecular complexity index is 556. The Balaban J connectivity index is 2.38. The molecular formula is C21H37FN4O2. The highest BCUT2D eigenvalue weighted by Crippen LogP contribution is 2.11. The first kappa shape index (κ1) is 24.2. The summed E-state index contributed by atoms with van der Waals surface area (Å²) in [4.78, 5) is 6.88. The van der Waals surface area contributed by atoms with Gasteiger partial charge in [0.1, 0.15) is 24.3 Å². The van der Waals surface area contributed by atoms with Crippen molar-refractivity contribution in [3.05, 3.63) is 30.1 Å². The van der Waals surface area contributed by atoms with E-state index in [4.69, 9.17) is 4.74 Å². The van der Waals surface area contributed by atoms with Gasteiger partial charge in [0, 0.05) is 31.7 Å². The lowest BCUT2D eigenvalue weighted by molar-refractivity contribution is 0.114. The van der Waals surface area contributed by atoms with Gasteiger partial charge in [0.25, 0.3) is 0 Å². The summed E-state index contributed by atoms with van der Waals surface area (Å²) in [5, 5.41) is 16.6. The van der Waals surface area contributed by atoms with Crippen molar-refractivity contribution in [2.24, 2.45) is 4.99 Å². The number of nitrogens with one attached hydrogen (secondary N) is 2. The molecule has 7 heteroatoms. The van der Waals surface area contributed by atoms with Crippen LogP contribution < -0.4 is 15.4 Å². The Labute approximate surface area is 169 Å². The van der Waals surface area contributed by atoms with Gasteiger partial charge >= 0.3 is 0 Å². The summed E-state index contributed by atoms with van der Waals surface area (Å²) < 4.78 is 18.3. The van der Waals surface area contributed by atoms with Crippen molar-refractivity contribution in [1.82, 2.24) is 15.5 Å². The average molecular weight is 397 g/mol. The first-order valence-electron chi connectivity index (χ1n) is 10.2. The summed E-state index contributed by atoms with van der Waals surface area (Å²) >= 11 is 0. The number of aliphatic imine (C=N–C) groups is 1. The number of nitrogens with zero attached hydrogens (tertiary/aromatic N) is 2. The first-order chi connectivity index (χ1) is 13.3. The summed E-state index contributed by atoms with van der Waals surface area (Å²) in [7, 11) is 0. The van der Waals surface area contributed by atoms with E-state index in [1.165, 1.54) is 24.3 Å². The zero-order valence-electron chi connectivity index (χ0n) is 17.9. The molecule has 0 bridgehead atoms. The van der Waals surface area contributed by atoms with E-state index in [-0.39, 0.29) is 19.0 Å². The molecule has 0 heterocycles. The fourth-order valence-electron chi connectivity index (χ4n) is 2.90. The lowest BCUT2D eigenvalue weighted by Crippen LogP contribution is -2.41. The van der Waals surface area contributed by atoms with Gasteiger partial charge in [-0.2, -0.15) is 0 Å². The molecule has 1 aromatic carbocycles. The lowest BCUT2D eigenvalue weighted by atomic mass is 10.2. The Hall–Kier alpha value is -1.86. The number of hydrogen-bond acceptors (Lipinski definition) is 4. The minimum Gasteiger partial charge on any atom is -0.491 e. The summed E-state index contributed by atoms with van der Waals surface area (Å²) in [5.41, 5.74) is 0. The zero-order valence-corrected chi connectivity index (χ0v) is 17.9. The molecule has 28 heavy (non-hydrogen) atoms. The number of aliphatic hydroxyl groups excluding tert-OH is 1. The number of rotatable bonds is 12. The quantitative estimate of drug-likeness (QED) is 0.288. The topological polar surface area (TPSA) is 69.1 Å². The van der Waals surface area contributed by atoms with Crippen LogP contribution in [0.1, 0.15) is 41.0 Å². The van der Waals surface area contributed by atoms with E-state index in [2.05, 4.69) is 48.2 Å². The van der Waals surface area contributed by atoms with Crippen LogP contribution in [0.2, 0.25) is 0 Å². The van der Waals surface area contributed by atoms with Crippen LogP contribution >= 0.6 is 0 Å². The largest absolute Gasteiger partial charge is 0.491 e. The Morgan fingerprint density at radius 3 is 2.36 bits per heavy atom. The maximum Gasteiger partial charge on any atom is 0.191 e. The predicted molar refractivity (Wildman–Crippen MR) is 113 cm³/mol. The first-order valence-corrected chi connectivity index (χ1v) is 10.2. The summed E-state index contributed by atoms with van der Waals surface area (Å²) in [5.74, 6) is 0.891. The van der Waals surface area contributed by atoms with E-state index >= 15 is 0 Å². The average Bonchev–Trinajstić information content (AvgIpc) is 2.64. The summed E-state index contributed by atoms with van der Waals surface area (Å²) in [6.45, 7) is 13.8. The number of halogens is 1. The smallest absolute Gasteiger partial charge is 0.191 e. The summed E-state index contributed by atoms with van der Waals surface area (Å²) in [6.07, 6.45) is 0.273. The Morgan fingerprint density at radius 2 is 1.79 bits per heavy atom. The van der Waals surface area contributed by atoms with Crippen LogP contribution in [0.5, 0.6) is 5.75 Å². The highest BCUT2D eigenvalue weighted by atomic mass is 19.1. The van der Waals surface area contributed by atoms with E-state index in [0.717, 1.165) is 26.1 Å². The fraction of sp³-hybridized carbons (Fsp3) is 0.667. The van der Waals surface area contributed by atoms with Crippen molar-refractivity contribution in [3.63, 3.8) is 0 Å². The standard InChI is InChI=1S/C21H37FN4O2/c1-6-23-21(24-12-7-13-26(16(2)3)17(4)5)25-14-19(27)15-28-20-10-8-18(22)9-11-20/h8-11,16-17,19,27H,6-7,12-15H2,1-5H3,(H2,23,24,25). The third-order valence-corrected chi connectivity index (χ3v) is 4.27. The fourth-order valence-corrected chi connectivity index (χ4v) is 2.90. The van der Waals surface area contributed by atoms with E-state index in [1.807, 2.05) is 6.92 Å². The second-order valence-corrected chi connectivity index (χ2v) is 7.34. The molecule has 3 N–H and O–H groups in total. The maximum atomic E-state index is 12.9. The minimum absolute atomic E-state index is 0.103. The zero-order chi connectivity index (χ0) is 20.9. The van der Waals surface area contributed by atoms with Gasteiger partial charge < -0.3 is 20.5 Å². The van der Waals surface area contributed by atoms with E-state index in [1.54, 1.807) is 0 Å². The van der Waals surface area contributed by atoms with Gasteiger partial charge in [0.15, 0.2) is 5.96 Å². The maximum absolute atomic E-state index is 12.9. The van der Waals surface area contributed by atoms with Crippen molar-refractivity contribution in [2.45, 2.75) is 59.2 Å². The van der Waals surface area contributed by atoms with Crippen molar-refractivity contribution >= 4 is 5.96 Å². The van der Waals surface area contributed by atoms with Crippen molar-refractivity contribution in [1.29, 1.82) is 0 Å². The highest BCUT2D eigenvalue weighted by Gasteiger charge is 2.12. The molecule has 6 nitrogen and oxygen atoms in total. The molecule has 0 fully saturated rings. The van der Waals surface area contributed by atoms with Crippen molar-refractivity contribution < 1.29 is 14.2 Å². The second-order valence-electron chi connectivity index (χ2n) is 7.34. The third-order valence-electron chi connectivity index (χ3n) is 4.27. The molecule has 1 aromatic rings. The number of ether oxygens (including phenoxy) is 1. The van der Waals surface area contributed by atoms with Crippen LogP contribution in [0.25, 0.3) is 0 Å². The molecule has 0 aliphatic heterocycles. The molecule has 160 valence electrons. The van der Waals surface area contributed by atoms with E-state index < -0.39 is 6.10 Å². The van der Waals surface area contributed by atoms with Crippen LogP contribution in [0, 0.1) is 5.82 Å². The number of hydrogen-bond donors (Lipinski definition) is 3. The van der Waals surface area contributed by atoms with E-state index in [0.29, 0.717) is 23.8 Å². The number of benzene rings is 1. The van der Waals surface area contributed by atoms with Crippen LogP contribution in [-0.2, 0) is 0 Å². The molecule has 0 aliphatic carbocycles. The Morgan fingerprint density at radius 1 is 1.14 bits per heavy atom. The monoisotopic (exact) mass is 396 g/mol. The number of aliphatic hydroxyl groups is 1. The van der Waals surface area contributed by atoms with Crippen LogP contribution in [-0.4, -0.2) is 66.9 Å². The molecule has 1 unspecified atom stereocenters. The molecule has 0 spiro atoms. The molecule has 0 aliphatic rings. The molecular weight excluding hydrogens is 359 g/mol. The summed E-state index contributed by atoms with van der Waals surface area (Å²) in [6, 6.07) is 6.78. The molecule has 1 atom stereocenters.